The van der Waals surface area contributed by atoms with Crippen LogP contribution in [0, 0.1) is 11.7 Å². The summed E-state index contributed by atoms with van der Waals surface area (Å²) in [7, 11) is 3.58. The van der Waals surface area contributed by atoms with Crippen LogP contribution in [0.2, 0.25) is 0 Å². The van der Waals surface area contributed by atoms with E-state index in [4.69, 9.17) is 4.98 Å². The van der Waals surface area contributed by atoms with Crippen molar-refractivity contribution in [1.82, 2.24) is 15.2 Å². The van der Waals surface area contributed by atoms with Gasteiger partial charge in [-0.15, -0.1) is 6.58 Å². The summed E-state index contributed by atoms with van der Waals surface area (Å²) in [5, 5.41) is 5.83. The van der Waals surface area contributed by atoms with E-state index < -0.39 is 17.6 Å². The molecule has 2 aliphatic heterocycles. The highest BCUT2D eigenvalue weighted by Crippen LogP contribution is 2.39. The van der Waals surface area contributed by atoms with Crippen LogP contribution in [-0.4, -0.2) is 68.4 Å². The van der Waals surface area contributed by atoms with E-state index in [1.54, 1.807) is 12.3 Å². The Bertz CT molecular complexity index is 1510. The summed E-state index contributed by atoms with van der Waals surface area (Å²) in [6, 6.07) is 7.23. The number of piperazine rings is 1. The van der Waals surface area contributed by atoms with E-state index in [9.17, 15) is 13.2 Å². The molecule has 48 heavy (non-hydrogen) atoms. The number of pyridine rings is 1. The van der Waals surface area contributed by atoms with Crippen LogP contribution in [0.1, 0.15) is 46.5 Å². The molecule has 2 fully saturated rings. The van der Waals surface area contributed by atoms with Crippen molar-refractivity contribution in [2.45, 2.75) is 64.7 Å². The fraction of sp³-hybridized carbons (Fsp3) is 0.447. The Balaban J connectivity index is 1.67. The number of nitrogens with one attached hydrogen (secondary N) is 2. The molecule has 2 N–H and O–H groups in total. The summed E-state index contributed by atoms with van der Waals surface area (Å²) in [6.07, 6.45) is 4.66. The van der Waals surface area contributed by atoms with Crippen molar-refractivity contribution in [1.29, 1.82) is 0 Å². The van der Waals surface area contributed by atoms with E-state index in [0.29, 0.717) is 41.5 Å². The lowest BCUT2D eigenvalue weighted by Crippen LogP contribution is -2.55. The molecule has 0 aliphatic carbocycles. The summed E-state index contributed by atoms with van der Waals surface area (Å²) >= 11 is 0. The van der Waals surface area contributed by atoms with Crippen molar-refractivity contribution in [3.05, 3.63) is 96.8 Å². The van der Waals surface area contributed by atoms with Gasteiger partial charge in [-0.1, -0.05) is 24.8 Å². The standard InChI is InChI=1S/C38H50F4N6/c1-9-10-33(38(40,41)42)32(22-43-7)28(6)45-35-19-31(34(39)20-36(35)48-23-26(4)46(8)27(5)24-48)30-13-14-37(44-21-30)47-17-15-29(16-18-47)12-11-25(2)3/h9-10,13-14,19-22,26-27,29,43,45H,1-2,6,11-12,15-18,23-24H2,3-5,7-8H3/b32-22-,33-10+. The molecule has 0 bridgehead atoms. The zero-order valence-electron chi connectivity index (χ0n) is 28.9. The van der Waals surface area contributed by atoms with Crippen molar-refractivity contribution in [2.24, 2.45) is 5.92 Å². The number of hydrogen-bond acceptors (Lipinski definition) is 6. The summed E-state index contributed by atoms with van der Waals surface area (Å²) in [4.78, 5) is 11.3. The van der Waals surface area contributed by atoms with Crippen LogP contribution < -0.4 is 20.4 Å². The molecular formula is C38H50F4N6. The molecule has 1 aromatic carbocycles. The Labute approximate surface area is 283 Å². The molecule has 10 heteroatoms. The van der Waals surface area contributed by atoms with Crippen LogP contribution in [-0.2, 0) is 0 Å². The Morgan fingerprint density at radius 2 is 1.73 bits per heavy atom. The third kappa shape index (κ3) is 8.89. The number of anilines is 3. The molecule has 2 saturated heterocycles. The van der Waals surface area contributed by atoms with Gasteiger partial charge in [-0.05, 0) is 89.8 Å². The zero-order chi connectivity index (χ0) is 35.2. The van der Waals surface area contributed by atoms with Crippen LogP contribution in [0.25, 0.3) is 11.1 Å². The maximum Gasteiger partial charge on any atom is 0.417 e. The highest BCUT2D eigenvalue weighted by molar-refractivity contribution is 5.81. The lowest BCUT2D eigenvalue weighted by Gasteiger charge is -2.44. The second-order valence-corrected chi connectivity index (χ2v) is 13.2. The first-order valence-corrected chi connectivity index (χ1v) is 16.6. The first-order chi connectivity index (χ1) is 22.7. The number of piperidine rings is 1. The normalized spacial score (nSPS) is 20.1. The van der Waals surface area contributed by atoms with Crippen molar-refractivity contribution in [2.75, 3.05) is 55.4 Å². The molecule has 2 aromatic rings. The van der Waals surface area contributed by atoms with Gasteiger partial charge < -0.3 is 20.4 Å². The Morgan fingerprint density at radius 1 is 1.06 bits per heavy atom. The van der Waals surface area contributed by atoms with Gasteiger partial charge in [0.1, 0.15) is 11.6 Å². The van der Waals surface area contributed by atoms with Gasteiger partial charge in [0.05, 0.1) is 16.9 Å². The van der Waals surface area contributed by atoms with E-state index in [-0.39, 0.29) is 23.4 Å². The average molecular weight is 667 g/mol. The molecule has 6 nitrogen and oxygen atoms in total. The third-order valence-electron chi connectivity index (χ3n) is 9.54. The molecule has 2 atom stereocenters. The minimum atomic E-state index is -4.66. The maximum atomic E-state index is 16.0. The minimum absolute atomic E-state index is 0.00364. The summed E-state index contributed by atoms with van der Waals surface area (Å²) in [6.45, 7) is 20.8. The topological polar surface area (TPSA) is 46.7 Å². The number of rotatable bonds is 12. The number of halogens is 4. The minimum Gasteiger partial charge on any atom is -0.393 e. The van der Waals surface area contributed by atoms with Crippen LogP contribution in [0.5, 0.6) is 0 Å². The van der Waals surface area contributed by atoms with Crippen LogP contribution in [0.4, 0.5) is 34.8 Å². The lowest BCUT2D eigenvalue weighted by atomic mass is 9.91. The number of aromatic nitrogens is 1. The van der Waals surface area contributed by atoms with Gasteiger partial charge >= 0.3 is 6.18 Å². The quantitative estimate of drug-likeness (QED) is 0.134. The van der Waals surface area contributed by atoms with Gasteiger partial charge in [0.15, 0.2) is 0 Å². The van der Waals surface area contributed by atoms with Crippen LogP contribution >= 0.6 is 0 Å². The van der Waals surface area contributed by atoms with Crippen molar-refractivity contribution in [3.8, 4) is 11.1 Å². The smallest absolute Gasteiger partial charge is 0.393 e. The molecule has 2 aliphatic rings. The molecule has 260 valence electrons. The number of nitrogens with zero attached hydrogens (tertiary/aromatic N) is 4. The van der Waals surface area contributed by atoms with E-state index in [0.717, 1.165) is 56.7 Å². The first-order valence-electron chi connectivity index (χ1n) is 16.6. The van der Waals surface area contributed by atoms with E-state index >= 15 is 4.39 Å². The first kappa shape index (κ1) is 36.8. The number of benzene rings is 1. The SMILES string of the molecule is C=C/C=C(\C(=C/NC)C(=C)Nc1cc(-c2ccc(N3CCC(CCC(=C)C)CC3)nc2)c(F)cc1N1CC(C)N(C)C(C)C1)C(F)(F)F. The summed E-state index contributed by atoms with van der Waals surface area (Å²) < 4.78 is 58.4. The molecule has 1 aromatic heterocycles. The predicted molar refractivity (Wildman–Crippen MR) is 192 cm³/mol. The number of allylic oxidation sites excluding steroid dienone is 4. The summed E-state index contributed by atoms with van der Waals surface area (Å²) in [5.74, 6) is 1.08. The van der Waals surface area contributed by atoms with Crippen LogP contribution in [0.15, 0.2) is 91.0 Å². The fourth-order valence-electron chi connectivity index (χ4n) is 6.54. The Morgan fingerprint density at radius 3 is 2.27 bits per heavy atom. The molecular weight excluding hydrogens is 616 g/mol. The highest BCUT2D eigenvalue weighted by Gasteiger charge is 2.37. The largest absolute Gasteiger partial charge is 0.417 e. The molecule has 0 radical (unpaired) electrons. The Hall–Kier alpha value is -4.05. The van der Waals surface area contributed by atoms with Crippen LogP contribution in [0.3, 0.4) is 0 Å². The molecule has 0 saturated carbocycles. The van der Waals surface area contributed by atoms with E-state index in [2.05, 4.69) is 72.9 Å². The lowest BCUT2D eigenvalue weighted by molar-refractivity contribution is -0.0891. The molecule has 4 rings (SSSR count). The van der Waals surface area contributed by atoms with Gasteiger partial charge in [-0.3, -0.25) is 4.90 Å². The third-order valence-corrected chi connectivity index (χ3v) is 9.54. The van der Waals surface area contributed by atoms with Gasteiger partial charge in [-0.25, -0.2) is 9.37 Å². The van der Waals surface area contributed by atoms with Gasteiger partial charge in [0.2, 0.25) is 0 Å². The maximum absolute atomic E-state index is 16.0. The number of likely N-dealkylation sites (N-methyl/N-ethyl adjacent to an activating group) is 1. The van der Waals surface area contributed by atoms with Crippen molar-refractivity contribution < 1.29 is 17.6 Å². The Kier molecular flexibility index (Phi) is 12.2. The zero-order valence-corrected chi connectivity index (χ0v) is 28.9. The molecule has 0 spiro atoms. The van der Waals surface area contributed by atoms with Gasteiger partial charge in [0.25, 0.3) is 0 Å². The second-order valence-electron chi connectivity index (χ2n) is 13.2. The van der Waals surface area contributed by atoms with Crippen molar-refractivity contribution in [3.63, 3.8) is 0 Å². The molecule has 0 amide bonds. The number of hydrogen-bond donors (Lipinski definition) is 2. The van der Waals surface area contributed by atoms with E-state index in [1.807, 2.05) is 12.1 Å². The highest BCUT2D eigenvalue weighted by atomic mass is 19.4. The number of alkyl halides is 3. The fourth-order valence-corrected chi connectivity index (χ4v) is 6.54. The monoisotopic (exact) mass is 666 g/mol. The summed E-state index contributed by atoms with van der Waals surface area (Å²) in [5.41, 5.74) is 1.99. The molecule has 2 unspecified atom stereocenters. The second kappa shape index (κ2) is 15.9. The predicted octanol–water partition coefficient (Wildman–Crippen LogP) is 8.69. The average Bonchev–Trinajstić information content (AvgIpc) is 3.04. The molecule has 3 heterocycles. The van der Waals surface area contributed by atoms with E-state index in [1.165, 1.54) is 24.9 Å². The van der Waals surface area contributed by atoms with Gasteiger partial charge in [-0.2, -0.15) is 13.2 Å². The van der Waals surface area contributed by atoms with Gasteiger partial charge in [0, 0.05) is 80.1 Å². The van der Waals surface area contributed by atoms with Crippen molar-refractivity contribution >= 4 is 17.2 Å².